The summed E-state index contributed by atoms with van der Waals surface area (Å²) >= 11 is 1.66. The predicted molar refractivity (Wildman–Crippen MR) is 113 cm³/mol. The summed E-state index contributed by atoms with van der Waals surface area (Å²) in [6.45, 7) is 0.316. The van der Waals surface area contributed by atoms with E-state index in [1.807, 2.05) is 6.07 Å². The molecule has 0 unspecified atom stereocenters. The van der Waals surface area contributed by atoms with Crippen molar-refractivity contribution in [2.45, 2.75) is 38.3 Å². The molecule has 29 heavy (non-hydrogen) atoms. The molecule has 1 aliphatic carbocycles. The van der Waals surface area contributed by atoms with Crippen LogP contribution in [0, 0.1) is 5.82 Å². The topological polar surface area (TPSA) is 51.9 Å². The number of benzene rings is 1. The van der Waals surface area contributed by atoms with Crippen molar-refractivity contribution < 1.29 is 9.18 Å². The molecule has 1 N–H and O–H groups in total. The van der Waals surface area contributed by atoms with Gasteiger partial charge in [-0.15, -0.1) is 11.3 Å². The van der Waals surface area contributed by atoms with E-state index in [1.165, 1.54) is 18.9 Å². The third-order valence-corrected chi connectivity index (χ3v) is 6.42. The van der Waals surface area contributed by atoms with Gasteiger partial charge in [0.15, 0.2) is 0 Å². The Bertz CT molecular complexity index is 1170. The molecule has 5 nitrogen and oxygen atoms in total. The zero-order valence-electron chi connectivity index (χ0n) is 15.8. The summed E-state index contributed by atoms with van der Waals surface area (Å²) in [5.74, 6) is -0.395. The molecule has 3 aromatic heterocycles. The van der Waals surface area contributed by atoms with Crippen molar-refractivity contribution in [3.8, 4) is 0 Å². The van der Waals surface area contributed by atoms with Crippen LogP contribution in [0.25, 0.3) is 10.2 Å². The second kappa shape index (κ2) is 7.48. The van der Waals surface area contributed by atoms with E-state index >= 15 is 0 Å². The zero-order valence-corrected chi connectivity index (χ0v) is 16.7. The van der Waals surface area contributed by atoms with Crippen molar-refractivity contribution in [2.24, 2.45) is 0 Å². The summed E-state index contributed by atoms with van der Waals surface area (Å²) in [5.41, 5.74) is 3.00. The van der Waals surface area contributed by atoms with Gasteiger partial charge in [0, 0.05) is 17.8 Å². The number of carbonyl (C=O) groups excluding carboxylic acids is 1. The van der Waals surface area contributed by atoms with Gasteiger partial charge in [0.1, 0.15) is 11.5 Å². The van der Waals surface area contributed by atoms with E-state index in [0.29, 0.717) is 29.5 Å². The number of anilines is 1. The number of thiophene rings is 1. The van der Waals surface area contributed by atoms with Crippen LogP contribution in [-0.2, 0) is 6.54 Å². The molecule has 1 saturated carbocycles. The number of carbonyl (C=O) groups is 1. The lowest BCUT2D eigenvalue weighted by Gasteiger charge is -2.16. The van der Waals surface area contributed by atoms with Crippen LogP contribution in [0.3, 0.4) is 0 Å². The fourth-order valence-corrected chi connectivity index (χ4v) is 5.00. The normalized spacial score (nSPS) is 14.7. The molecule has 3 heterocycles. The van der Waals surface area contributed by atoms with Gasteiger partial charge in [-0.05, 0) is 36.4 Å². The summed E-state index contributed by atoms with van der Waals surface area (Å²) in [7, 11) is 0. The van der Waals surface area contributed by atoms with Gasteiger partial charge in [0.2, 0.25) is 0 Å². The van der Waals surface area contributed by atoms with Crippen LogP contribution in [0.2, 0.25) is 0 Å². The highest BCUT2D eigenvalue weighted by Gasteiger charge is 2.25. The number of rotatable bonds is 5. The first kappa shape index (κ1) is 18.1. The largest absolute Gasteiger partial charge is 0.333 e. The molecule has 5 rings (SSSR count). The Balaban J connectivity index is 1.37. The number of halogens is 1. The van der Waals surface area contributed by atoms with Crippen molar-refractivity contribution >= 4 is 33.1 Å². The predicted octanol–water partition coefficient (Wildman–Crippen LogP) is 5.45. The fourth-order valence-electron chi connectivity index (χ4n) is 4.19. The fraction of sp³-hybridized carbons (Fsp3) is 0.273. The third-order valence-electron chi connectivity index (χ3n) is 5.56. The van der Waals surface area contributed by atoms with Crippen molar-refractivity contribution in [3.63, 3.8) is 0 Å². The standard InChI is InChI=1S/C22H21FN4OS/c23-18-8-4-1-5-15(18)13-26-14-16(12-24-26)25-22(28)20-11-21-19(9-10-29-21)27(20)17-6-2-3-7-17/h1,4-5,8-12,14,17H,2-3,6-7,13H2,(H,25,28). The van der Waals surface area contributed by atoms with Crippen LogP contribution < -0.4 is 5.32 Å². The minimum atomic E-state index is -0.261. The van der Waals surface area contributed by atoms with Gasteiger partial charge in [-0.25, -0.2) is 4.39 Å². The van der Waals surface area contributed by atoms with Crippen LogP contribution in [0.1, 0.15) is 47.8 Å². The maximum absolute atomic E-state index is 13.9. The lowest BCUT2D eigenvalue weighted by atomic mass is 10.2. The van der Waals surface area contributed by atoms with Crippen LogP contribution in [-0.4, -0.2) is 20.3 Å². The molecule has 0 aliphatic heterocycles. The molecule has 148 valence electrons. The van der Waals surface area contributed by atoms with Gasteiger partial charge in [0.05, 0.1) is 28.6 Å². The van der Waals surface area contributed by atoms with Crippen LogP contribution >= 0.6 is 11.3 Å². The van der Waals surface area contributed by atoms with Crippen LogP contribution in [0.4, 0.5) is 10.1 Å². The van der Waals surface area contributed by atoms with Gasteiger partial charge in [-0.3, -0.25) is 9.48 Å². The summed E-state index contributed by atoms with van der Waals surface area (Å²) in [6, 6.07) is 11.1. The van der Waals surface area contributed by atoms with Gasteiger partial charge < -0.3 is 9.88 Å². The Morgan fingerprint density at radius 3 is 2.90 bits per heavy atom. The highest BCUT2D eigenvalue weighted by Crippen LogP contribution is 2.36. The Morgan fingerprint density at radius 2 is 2.07 bits per heavy atom. The Hall–Kier alpha value is -2.93. The summed E-state index contributed by atoms with van der Waals surface area (Å²) < 4.78 is 18.8. The number of hydrogen-bond acceptors (Lipinski definition) is 3. The molecule has 1 amide bonds. The molecule has 0 spiro atoms. The van der Waals surface area contributed by atoms with E-state index in [4.69, 9.17) is 0 Å². The Kier molecular flexibility index (Phi) is 4.67. The van der Waals surface area contributed by atoms with Crippen molar-refractivity contribution in [3.05, 3.63) is 71.2 Å². The maximum Gasteiger partial charge on any atom is 0.272 e. The highest BCUT2D eigenvalue weighted by atomic mass is 32.1. The molecule has 0 atom stereocenters. The third kappa shape index (κ3) is 3.46. The Morgan fingerprint density at radius 1 is 1.24 bits per heavy atom. The monoisotopic (exact) mass is 408 g/mol. The van der Waals surface area contributed by atoms with E-state index in [-0.39, 0.29) is 11.7 Å². The lowest BCUT2D eigenvalue weighted by Crippen LogP contribution is -2.19. The molecule has 0 saturated heterocycles. The number of amides is 1. The van der Waals surface area contributed by atoms with Crippen LogP contribution in [0.5, 0.6) is 0 Å². The van der Waals surface area contributed by atoms with Gasteiger partial charge >= 0.3 is 0 Å². The second-order valence-corrected chi connectivity index (χ2v) is 8.43. The van der Waals surface area contributed by atoms with E-state index < -0.39 is 0 Å². The molecule has 0 bridgehead atoms. The highest BCUT2D eigenvalue weighted by molar-refractivity contribution is 7.17. The second-order valence-electron chi connectivity index (χ2n) is 7.48. The lowest BCUT2D eigenvalue weighted by molar-refractivity contribution is 0.101. The molecule has 7 heteroatoms. The van der Waals surface area contributed by atoms with E-state index in [1.54, 1.807) is 46.6 Å². The minimum Gasteiger partial charge on any atom is -0.333 e. The number of aromatic nitrogens is 3. The van der Waals surface area contributed by atoms with E-state index in [0.717, 1.165) is 23.1 Å². The van der Waals surface area contributed by atoms with Gasteiger partial charge in [0.25, 0.3) is 5.91 Å². The molecule has 1 aromatic carbocycles. The zero-order chi connectivity index (χ0) is 19.8. The SMILES string of the molecule is O=C(Nc1cnn(Cc2ccccc2F)c1)c1cc2sccc2n1C1CCCC1. The van der Waals surface area contributed by atoms with Crippen molar-refractivity contribution in [2.75, 3.05) is 5.32 Å². The molecule has 4 aromatic rings. The minimum absolute atomic E-state index is 0.134. The molecule has 0 radical (unpaired) electrons. The first-order chi connectivity index (χ1) is 14.2. The number of hydrogen-bond donors (Lipinski definition) is 1. The molecular weight excluding hydrogens is 387 g/mol. The van der Waals surface area contributed by atoms with Gasteiger partial charge in [-0.1, -0.05) is 31.0 Å². The maximum atomic E-state index is 13.9. The van der Waals surface area contributed by atoms with E-state index in [2.05, 4.69) is 26.4 Å². The van der Waals surface area contributed by atoms with Crippen molar-refractivity contribution in [1.82, 2.24) is 14.3 Å². The van der Waals surface area contributed by atoms with E-state index in [9.17, 15) is 9.18 Å². The summed E-state index contributed by atoms with van der Waals surface area (Å²) in [4.78, 5) is 13.1. The number of fused-ring (bicyclic) bond motifs is 1. The summed E-state index contributed by atoms with van der Waals surface area (Å²) in [6.07, 6.45) is 7.97. The molecule has 1 fully saturated rings. The first-order valence-corrected chi connectivity index (χ1v) is 10.7. The molecular formula is C22H21FN4OS. The number of nitrogens with zero attached hydrogens (tertiary/aromatic N) is 3. The van der Waals surface area contributed by atoms with Gasteiger partial charge in [-0.2, -0.15) is 5.10 Å². The smallest absolute Gasteiger partial charge is 0.272 e. The van der Waals surface area contributed by atoms with Crippen LogP contribution in [0.15, 0.2) is 54.2 Å². The molecule has 1 aliphatic rings. The first-order valence-electron chi connectivity index (χ1n) is 9.85. The van der Waals surface area contributed by atoms with Crippen molar-refractivity contribution in [1.29, 1.82) is 0 Å². The Labute approximate surface area is 171 Å². The summed E-state index contributed by atoms with van der Waals surface area (Å²) in [5, 5.41) is 9.30. The quantitative estimate of drug-likeness (QED) is 0.477. The average molecular weight is 409 g/mol. The average Bonchev–Trinajstić information content (AvgIpc) is 3.48. The number of nitrogens with one attached hydrogen (secondary N) is 1.